The number of amides is 2. The topological polar surface area (TPSA) is 70.5 Å². The minimum atomic E-state index is -0.399. The molecule has 2 aromatic rings. The molecule has 0 unspecified atom stereocenters. The van der Waals surface area contributed by atoms with Gasteiger partial charge in [-0.25, -0.2) is 4.39 Å². The van der Waals surface area contributed by atoms with E-state index >= 15 is 0 Å². The number of halogens is 1. The van der Waals surface area contributed by atoms with Crippen LogP contribution in [0.4, 0.5) is 10.1 Å². The number of benzene rings is 1. The Bertz CT molecular complexity index is 856. The lowest BCUT2D eigenvalue weighted by molar-refractivity contribution is 0.0684. The molecule has 1 saturated heterocycles. The molecule has 2 amide bonds. The van der Waals surface area contributed by atoms with Crippen LogP contribution in [-0.2, 0) is 7.05 Å². The molecule has 1 N–H and O–H groups in total. The molecule has 1 aliphatic rings. The number of aromatic nitrogens is 2. The molecule has 3 rings (SSSR count). The van der Waals surface area contributed by atoms with Crippen molar-refractivity contribution in [3.05, 3.63) is 47.5 Å². The lowest BCUT2D eigenvalue weighted by atomic mass is 9.96. The fraction of sp³-hybridized carbons (Fsp3) is 0.450. The zero-order valence-electron chi connectivity index (χ0n) is 16.5. The average Bonchev–Trinajstić information content (AvgIpc) is 3.12. The summed E-state index contributed by atoms with van der Waals surface area (Å²) in [5.74, 6) is -0.369. The highest BCUT2D eigenvalue weighted by atomic mass is 19.1. The van der Waals surface area contributed by atoms with Crippen LogP contribution in [0.1, 0.15) is 33.6 Å². The number of rotatable bonds is 5. The number of aryl methyl sites for hydroxylation is 1. The van der Waals surface area contributed by atoms with E-state index in [2.05, 4.69) is 10.4 Å². The Kier molecular flexibility index (Phi) is 5.96. The van der Waals surface area contributed by atoms with Gasteiger partial charge < -0.3 is 15.1 Å². The third-order valence-corrected chi connectivity index (χ3v) is 5.10. The van der Waals surface area contributed by atoms with E-state index in [-0.39, 0.29) is 11.8 Å². The summed E-state index contributed by atoms with van der Waals surface area (Å²) in [6.07, 6.45) is 4.82. The lowest BCUT2D eigenvalue weighted by Gasteiger charge is -2.32. The van der Waals surface area contributed by atoms with Gasteiger partial charge in [0.05, 0.1) is 17.4 Å². The molecule has 0 saturated carbocycles. The molecular weight excluding hydrogens is 361 g/mol. The molecule has 28 heavy (non-hydrogen) atoms. The van der Waals surface area contributed by atoms with E-state index in [1.165, 1.54) is 12.3 Å². The zero-order chi connectivity index (χ0) is 20.3. The van der Waals surface area contributed by atoms with Crippen LogP contribution in [0.5, 0.6) is 0 Å². The van der Waals surface area contributed by atoms with E-state index in [0.29, 0.717) is 42.4 Å². The highest BCUT2D eigenvalue weighted by Gasteiger charge is 2.24. The van der Waals surface area contributed by atoms with Gasteiger partial charge in [-0.1, -0.05) is 0 Å². The van der Waals surface area contributed by atoms with Crippen molar-refractivity contribution < 1.29 is 14.0 Å². The largest absolute Gasteiger partial charge is 0.375 e. The highest BCUT2D eigenvalue weighted by molar-refractivity contribution is 5.95. The summed E-state index contributed by atoms with van der Waals surface area (Å²) in [6.45, 7) is 1.77. The molecule has 1 aromatic carbocycles. The third-order valence-electron chi connectivity index (χ3n) is 5.10. The van der Waals surface area contributed by atoms with Gasteiger partial charge in [-0.05, 0) is 37.0 Å². The van der Waals surface area contributed by atoms with Crippen LogP contribution < -0.4 is 10.2 Å². The summed E-state index contributed by atoms with van der Waals surface area (Å²) in [4.78, 5) is 28.2. The van der Waals surface area contributed by atoms with Crippen molar-refractivity contribution in [1.82, 2.24) is 20.0 Å². The Hall–Kier alpha value is -2.90. The maximum absolute atomic E-state index is 14.1. The predicted octanol–water partition coefficient (Wildman–Crippen LogP) is 1.91. The molecule has 0 atom stereocenters. The van der Waals surface area contributed by atoms with E-state index in [9.17, 15) is 14.0 Å². The first kappa shape index (κ1) is 19.9. The monoisotopic (exact) mass is 387 g/mol. The first-order chi connectivity index (χ1) is 13.3. The molecule has 7 nitrogen and oxygen atoms in total. The first-order valence-electron chi connectivity index (χ1n) is 9.38. The van der Waals surface area contributed by atoms with Crippen molar-refractivity contribution in [2.45, 2.75) is 12.8 Å². The predicted molar refractivity (Wildman–Crippen MR) is 105 cm³/mol. The number of nitrogens with zero attached hydrogens (tertiary/aromatic N) is 4. The molecule has 8 heteroatoms. The third kappa shape index (κ3) is 4.49. The van der Waals surface area contributed by atoms with Gasteiger partial charge >= 0.3 is 0 Å². The molecule has 1 aromatic heterocycles. The Morgan fingerprint density at radius 1 is 1.25 bits per heavy atom. The molecule has 150 valence electrons. The summed E-state index contributed by atoms with van der Waals surface area (Å²) < 4.78 is 15.7. The molecule has 0 bridgehead atoms. The van der Waals surface area contributed by atoms with Gasteiger partial charge in [0, 0.05) is 52.5 Å². The van der Waals surface area contributed by atoms with Crippen LogP contribution in [0.3, 0.4) is 0 Å². The fourth-order valence-electron chi connectivity index (χ4n) is 3.40. The normalized spacial score (nSPS) is 14.8. The van der Waals surface area contributed by atoms with E-state index in [4.69, 9.17) is 0 Å². The molecule has 1 fully saturated rings. The second-order valence-corrected chi connectivity index (χ2v) is 7.41. The molecule has 2 heterocycles. The zero-order valence-corrected chi connectivity index (χ0v) is 16.5. The van der Waals surface area contributed by atoms with E-state index < -0.39 is 5.82 Å². The Labute approximate surface area is 164 Å². The fourth-order valence-corrected chi connectivity index (χ4v) is 3.40. The van der Waals surface area contributed by atoms with E-state index in [0.717, 1.165) is 12.8 Å². The van der Waals surface area contributed by atoms with Gasteiger partial charge in [0.15, 0.2) is 0 Å². The van der Waals surface area contributed by atoms with Crippen molar-refractivity contribution in [1.29, 1.82) is 0 Å². The summed E-state index contributed by atoms with van der Waals surface area (Å²) in [5.41, 5.74) is 1.37. The summed E-state index contributed by atoms with van der Waals surface area (Å²) in [5, 5.41) is 6.93. The quantitative estimate of drug-likeness (QED) is 0.851. The number of nitrogens with one attached hydrogen (secondary N) is 1. The highest BCUT2D eigenvalue weighted by Crippen LogP contribution is 2.22. The van der Waals surface area contributed by atoms with Crippen LogP contribution in [0.15, 0.2) is 30.6 Å². The number of hydrogen-bond donors (Lipinski definition) is 1. The van der Waals surface area contributed by atoms with Crippen molar-refractivity contribution in [2.24, 2.45) is 13.0 Å². The van der Waals surface area contributed by atoms with Crippen LogP contribution in [0.25, 0.3) is 0 Å². The van der Waals surface area contributed by atoms with E-state index in [1.807, 2.05) is 0 Å². The Morgan fingerprint density at radius 3 is 2.54 bits per heavy atom. The van der Waals surface area contributed by atoms with Crippen LogP contribution in [-0.4, -0.2) is 60.2 Å². The SMILES string of the molecule is CN(C)c1ccc(C(=O)N2CCC(CNC(=O)c3cnn(C)c3)CC2)cc1F. The summed E-state index contributed by atoms with van der Waals surface area (Å²) >= 11 is 0. The number of hydrogen-bond acceptors (Lipinski definition) is 4. The maximum atomic E-state index is 14.1. The second kappa shape index (κ2) is 8.41. The lowest BCUT2D eigenvalue weighted by Crippen LogP contribution is -2.41. The van der Waals surface area contributed by atoms with Crippen molar-refractivity contribution >= 4 is 17.5 Å². The van der Waals surface area contributed by atoms with Crippen LogP contribution in [0, 0.1) is 11.7 Å². The minimum absolute atomic E-state index is 0.136. The molecule has 0 radical (unpaired) electrons. The standard InChI is InChI=1S/C20H26FN5O2/c1-24(2)18-5-4-15(10-17(18)21)20(28)26-8-6-14(7-9-26)11-22-19(27)16-12-23-25(3)13-16/h4-5,10,12-14H,6-9,11H2,1-3H3,(H,22,27). The van der Waals surface area contributed by atoms with Gasteiger partial charge in [0.2, 0.25) is 0 Å². The van der Waals surface area contributed by atoms with Crippen molar-refractivity contribution in [3.8, 4) is 0 Å². The number of anilines is 1. The van der Waals surface area contributed by atoms with Gasteiger partial charge in [-0.2, -0.15) is 5.10 Å². The van der Waals surface area contributed by atoms with Crippen LogP contribution >= 0.6 is 0 Å². The first-order valence-corrected chi connectivity index (χ1v) is 9.38. The van der Waals surface area contributed by atoms with Crippen molar-refractivity contribution in [2.75, 3.05) is 38.6 Å². The average molecular weight is 387 g/mol. The number of carbonyl (C=O) groups excluding carboxylic acids is 2. The number of piperidine rings is 1. The molecule has 0 spiro atoms. The van der Waals surface area contributed by atoms with Crippen LogP contribution in [0.2, 0.25) is 0 Å². The Morgan fingerprint density at radius 2 is 1.96 bits per heavy atom. The smallest absolute Gasteiger partial charge is 0.254 e. The van der Waals surface area contributed by atoms with Gasteiger partial charge in [0.1, 0.15) is 5.82 Å². The summed E-state index contributed by atoms with van der Waals surface area (Å²) in [7, 11) is 5.29. The minimum Gasteiger partial charge on any atom is -0.375 e. The Balaban J connectivity index is 1.50. The number of likely N-dealkylation sites (tertiary alicyclic amines) is 1. The van der Waals surface area contributed by atoms with E-state index in [1.54, 1.807) is 54.0 Å². The summed E-state index contributed by atoms with van der Waals surface area (Å²) in [6, 6.07) is 4.60. The van der Waals surface area contributed by atoms with Gasteiger partial charge in [0.25, 0.3) is 11.8 Å². The molecule has 0 aliphatic carbocycles. The molecular formula is C20H26FN5O2. The number of carbonyl (C=O) groups is 2. The van der Waals surface area contributed by atoms with Gasteiger partial charge in [-0.15, -0.1) is 0 Å². The maximum Gasteiger partial charge on any atom is 0.254 e. The van der Waals surface area contributed by atoms with Gasteiger partial charge in [-0.3, -0.25) is 14.3 Å². The second-order valence-electron chi connectivity index (χ2n) is 7.41. The van der Waals surface area contributed by atoms with Crippen molar-refractivity contribution in [3.63, 3.8) is 0 Å². The molecule has 1 aliphatic heterocycles.